The summed E-state index contributed by atoms with van der Waals surface area (Å²) in [5, 5.41) is 10.0. The number of benzene rings is 1. The number of halogens is 4. The largest absolute Gasteiger partial charge is 0.416 e. The van der Waals surface area contributed by atoms with Crippen LogP contribution in [0.25, 0.3) is 5.69 Å². The highest BCUT2D eigenvalue weighted by Crippen LogP contribution is 2.30. The van der Waals surface area contributed by atoms with Crippen LogP contribution >= 0.6 is 12.4 Å². The molecule has 2 N–H and O–H groups in total. The quantitative estimate of drug-likeness (QED) is 0.794. The van der Waals surface area contributed by atoms with Crippen molar-refractivity contribution in [3.8, 4) is 5.69 Å². The lowest BCUT2D eigenvalue weighted by Crippen LogP contribution is -2.29. The normalized spacial score (nSPS) is 14.3. The minimum Gasteiger partial charge on any atom is -0.347 e. The summed E-state index contributed by atoms with van der Waals surface area (Å²) in [6.07, 6.45) is -0.0515. The fourth-order valence-corrected chi connectivity index (χ4v) is 2.53. The minimum absolute atomic E-state index is 0. The van der Waals surface area contributed by atoms with Crippen molar-refractivity contribution < 1.29 is 18.0 Å². The van der Waals surface area contributed by atoms with Gasteiger partial charge in [0.2, 0.25) is 0 Å². The molecule has 1 aliphatic heterocycles. The summed E-state index contributed by atoms with van der Waals surface area (Å²) >= 11 is 0. The van der Waals surface area contributed by atoms with Crippen molar-refractivity contribution in [2.45, 2.75) is 12.6 Å². The van der Waals surface area contributed by atoms with Crippen molar-refractivity contribution in [2.24, 2.45) is 0 Å². The molecule has 0 saturated carbocycles. The monoisotopic (exact) mass is 386 g/mol. The number of carbonyl (C=O) groups is 1. The second-order valence-corrected chi connectivity index (χ2v) is 5.69. The second kappa shape index (κ2) is 8.37. The van der Waals surface area contributed by atoms with Crippen LogP contribution in [0.2, 0.25) is 0 Å². The first-order chi connectivity index (χ1) is 11.9. The topological polar surface area (TPSA) is 59.0 Å². The number of amides is 1. The van der Waals surface area contributed by atoms with E-state index in [4.69, 9.17) is 0 Å². The van der Waals surface area contributed by atoms with Gasteiger partial charge in [-0.1, -0.05) is 17.7 Å². The summed E-state index contributed by atoms with van der Waals surface area (Å²) in [6, 6.07) is 6.28. The fraction of sp³-hybridized carbons (Fsp3) is 0.294. The maximum atomic E-state index is 12.8. The third-order valence-electron chi connectivity index (χ3n) is 3.89. The highest BCUT2D eigenvalue weighted by atomic mass is 35.5. The molecule has 0 saturated heterocycles. The van der Waals surface area contributed by atoms with Crippen LogP contribution in [0.15, 0.2) is 48.2 Å². The van der Waals surface area contributed by atoms with E-state index in [1.54, 1.807) is 0 Å². The zero-order chi connectivity index (χ0) is 17.9. The van der Waals surface area contributed by atoms with Gasteiger partial charge in [-0.3, -0.25) is 4.79 Å². The van der Waals surface area contributed by atoms with Crippen LogP contribution in [0.5, 0.6) is 0 Å². The van der Waals surface area contributed by atoms with E-state index < -0.39 is 11.7 Å². The molecular weight excluding hydrogens is 369 g/mol. The molecule has 0 radical (unpaired) electrons. The first-order valence-electron chi connectivity index (χ1n) is 7.83. The molecule has 1 amide bonds. The summed E-state index contributed by atoms with van der Waals surface area (Å²) in [5.74, 6) is -0.356. The van der Waals surface area contributed by atoms with Gasteiger partial charge in [-0.25, -0.2) is 4.68 Å². The Morgan fingerprint density at radius 2 is 2.12 bits per heavy atom. The van der Waals surface area contributed by atoms with Crippen LogP contribution in [0.3, 0.4) is 0 Å². The van der Waals surface area contributed by atoms with Gasteiger partial charge in [0.25, 0.3) is 5.91 Å². The Morgan fingerprint density at radius 1 is 1.31 bits per heavy atom. The summed E-state index contributed by atoms with van der Waals surface area (Å²) < 4.78 is 39.6. The van der Waals surface area contributed by atoms with Crippen LogP contribution in [0, 0.1) is 0 Å². The molecule has 2 aromatic rings. The van der Waals surface area contributed by atoms with E-state index in [2.05, 4.69) is 15.7 Å². The number of nitrogens with zero attached hydrogens (tertiary/aromatic N) is 2. The Hall–Kier alpha value is -2.32. The van der Waals surface area contributed by atoms with Gasteiger partial charge in [-0.05, 0) is 37.2 Å². The number of rotatable bonds is 4. The van der Waals surface area contributed by atoms with Crippen molar-refractivity contribution >= 4 is 18.3 Å². The van der Waals surface area contributed by atoms with Gasteiger partial charge >= 0.3 is 6.18 Å². The molecule has 140 valence electrons. The van der Waals surface area contributed by atoms with Gasteiger partial charge < -0.3 is 10.6 Å². The van der Waals surface area contributed by atoms with Crippen molar-refractivity contribution in [1.29, 1.82) is 0 Å². The van der Waals surface area contributed by atoms with Crippen LogP contribution < -0.4 is 10.6 Å². The van der Waals surface area contributed by atoms with E-state index in [-0.39, 0.29) is 29.7 Å². The molecule has 2 heterocycles. The molecule has 26 heavy (non-hydrogen) atoms. The molecular formula is C17H18ClF3N4O. The molecule has 5 nitrogen and oxygen atoms in total. The van der Waals surface area contributed by atoms with Crippen molar-refractivity contribution in [1.82, 2.24) is 20.4 Å². The Bertz CT molecular complexity index is 801. The predicted molar refractivity (Wildman–Crippen MR) is 93.7 cm³/mol. The Balaban J connectivity index is 0.00000243. The maximum Gasteiger partial charge on any atom is 0.416 e. The number of carbonyl (C=O) groups excluding carboxylic acids is 1. The molecule has 0 aliphatic carbocycles. The van der Waals surface area contributed by atoms with Crippen LogP contribution in [-0.2, 0) is 6.18 Å². The molecule has 3 rings (SSSR count). The summed E-state index contributed by atoms with van der Waals surface area (Å²) in [7, 11) is 0. The second-order valence-electron chi connectivity index (χ2n) is 5.69. The van der Waals surface area contributed by atoms with E-state index in [1.807, 2.05) is 6.08 Å². The summed E-state index contributed by atoms with van der Waals surface area (Å²) in [5.41, 5.74) is 0.788. The standard InChI is InChI=1S/C17H17F3N4O.ClH/c18-17(19,20)13-2-1-3-14(10-13)24-9-6-15(23-24)16(25)22-11-12-4-7-21-8-5-12;/h1-4,6,9-10,21H,5,7-8,11H2,(H,22,25);1H. The van der Waals surface area contributed by atoms with E-state index in [0.717, 1.165) is 37.2 Å². The molecule has 0 spiro atoms. The molecule has 1 aromatic heterocycles. The van der Waals surface area contributed by atoms with Crippen molar-refractivity contribution in [3.63, 3.8) is 0 Å². The zero-order valence-electron chi connectivity index (χ0n) is 13.7. The lowest BCUT2D eigenvalue weighted by molar-refractivity contribution is -0.137. The highest BCUT2D eigenvalue weighted by molar-refractivity contribution is 5.92. The number of alkyl halides is 3. The number of aromatic nitrogens is 2. The average Bonchev–Trinajstić information content (AvgIpc) is 3.10. The Morgan fingerprint density at radius 3 is 2.81 bits per heavy atom. The smallest absolute Gasteiger partial charge is 0.347 e. The summed E-state index contributed by atoms with van der Waals surface area (Å²) in [4.78, 5) is 12.1. The molecule has 0 fully saturated rings. The Labute approximate surface area is 154 Å². The summed E-state index contributed by atoms with van der Waals surface area (Å²) in [6.45, 7) is 2.11. The Kier molecular flexibility index (Phi) is 6.44. The molecule has 9 heteroatoms. The van der Waals surface area contributed by atoms with Crippen LogP contribution in [0.4, 0.5) is 13.2 Å². The van der Waals surface area contributed by atoms with Crippen molar-refractivity contribution in [2.75, 3.05) is 19.6 Å². The van der Waals surface area contributed by atoms with Gasteiger partial charge in [-0.15, -0.1) is 12.4 Å². The van der Waals surface area contributed by atoms with Crippen molar-refractivity contribution in [3.05, 3.63) is 59.4 Å². The number of nitrogens with one attached hydrogen (secondary N) is 2. The average molecular weight is 387 g/mol. The van der Waals surface area contributed by atoms with Crippen LogP contribution in [0.1, 0.15) is 22.5 Å². The molecule has 1 aliphatic rings. The van der Waals surface area contributed by atoms with E-state index >= 15 is 0 Å². The van der Waals surface area contributed by atoms with E-state index in [0.29, 0.717) is 6.54 Å². The first kappa shape index (κ1) is 20.0. The van der Waals surface area contributed by atoms with E-state index in [1.165, 1.54) is 29.1 Å². The third kappa shape index (κ3) is 4.86. The number of hydrogen-bond acceptors (Lipinski definition) is 3. The van der Waals surface area contributed by atoms with Gasteiger partial charge in [0, 0.05) is 19.3 Å². The lowest BCUT2D eigenvalue weighted by Gasteiger charge is -2.14. The van der Waals surface area contributed by atoms with Gasteiger partial charge in [-0.2, -0.15) is 18.3 Å². The SMILES string of the molecule is Cl.O=C(NCC1=CCNCC1)c1ccn(-c2cccc(C(F)(F)F)c2)n1. The number of hydrogen-bond donors (Lipinski definition) is 2. The van der Waals surface area contributed by atoms with Gasteiger partial charge in [0.15, 0.2) is 5.69 Å². The fourth-order valence-electron chi connectivity index (χ4n) is 2.53. The maximum absolute atomic E-state index is 12.8. The minimum atomic E-state index is -4.42. The zero-order valence-corrected chi connectivity index (χ0v) is 14.5. The van der Waals surface area contributed by atoms with Gasteiger partial charge in [0.1, 0.15) is 0 Å². The first-order valence-corrected chi connectivity index (χ1v) is 7.83. The van der Waals surface area contributed by atoms with E-state index in [9.17, 15) is 18.0 Å². The van der Waals surface area contributed by atoms with Crippen LogP contribution in [-0.4, -0.2) is 35.3 Å². The molecule has 0 bridgehead atoms. The van der Waals surface area contributed by atoms with Gasteiger partial charge in [0.05, 0.1) is 11.3 Å². The predicted octanol–water partition coefficient (Wildman–Crippen LogP) is 2.96. The third-order valence-corrected chi connectivity index (χ3v) is 3.89. The lowest BCUT2D eigenvalue weighted by atomic mass is 10.1. The highest BCUT2D eigenvalue weighted by Gasteiger charge is 2.30. The molecule has 0 unspecified atom stereocenters. The molecule has 0 atom stereocenters. The molecule has 1 aromatic carbocycles.